The van der Waals surface area contributed by atoms with Gasteiger partial charge in [0.1, 0.15) is 5.60 Å². The molecular weight excluding hydrogens is 408 g/mol. The minimum Gasteiger partial charge on any atom is -0.469 e. The Morgan fingerprint density at radius 2 is 1.69 bits per heavy atom. The third kappa shape index (κ3) is 9.71. The van der Waals surface area contributed by atoms with Crippen LogP contribution >= 0.6 is 0 Å². The molecule has 2 N–H and O–H groups in total. The highest BCUT2D eigenvalue weighted by Crippen LogP contribution is 2.28. The highest BCUT2D eigenvalue weighted by atomic mass is 16.6. The van der Waals surface area contributed by atoms with Crippen molar-refractivity contribution in [2.24, 2.45) is 5.92 Å². The molecule has 0 unspecified atom stereocenters. The van der Waals surface area contributed by atoms with Crippen molar-refractivity contribution in [1.82, 2.24) is 10.6 Å². The van der Waals surface area contributed by atoms with Crippen LogP contribution in [0.5, 0.6) is 0 Å². The number of rotatable bonds is 9. The molecule has 7 nitrogen and oxygen atoms in total. The average molecular weight is 447 g/mol. The van der Waals surface area contributed by atoms with Gasteiger partial charge in [-0.15, -0.1) is 0 Å². The molecule has 7 heteroatoms. The minimum absolute atomic E-state index is 0.0406. The van der Waals surface area contributed by atoms with Crippen LogP contribution in [0.3, 0.4) is 0 Å². The van der Waals surface area contributed by atoms with Crippen LogP contribution in [0.2, 0.25) is 0 Å². The standard InChI is InChI=1S/C25H38N2O5/c1-25(2,3)32-24(30)26-17-5-6-18-7-12-20(13-8-18)23(29)27-21-14-9-19(10-15-21)11-16-22(28)31-4/h7-8,12-13,19,21H,5-6,9-11,14-17H2,1-4H3,(H,26,30)(H,27,29). The van der Waals surface area contributed by atoms with Gasteiger partial charge in [-0.3, -0.25) is 9.59 Å². The van der Waals surface area contributed by atoms with Crippen LogP contribution in [0.25, 0.3) is 0 Å². The van der Waals surface area contributed by atoms with Gasteiger partial charge in [-0.05, 0) is 89.3 Å². The second kappa shape index (κ2) is 12.5. The van der Waals surface area contributed by atoms with Gasteiger partial charge in [-0.2, -0.15) is 0 Å². The number of nitrogens with one attached hydrogen (secondary N) is 2. The summed E-state index contributed by atoms with van der Waals surface area (Å²) >= 11 is 0. The topological polar surface area (TPSA) is 93.7 Å². The number of aryl methyl sites for hydroxylation is 1. The maximum atomic E-state index is 12.6. The molecule has 1 aliphatic carbocycles. The van der Waals surface area contributed by atoms with Crippen molar-refractivity contribution in [2.75, 3.05) is 13.7 Å². The molecule has 0 saturated heterocycles. The van der Waals surface area contributed by atoms with E-state index < -0.39 is 11.7 Å². The van der Waals surface area contributed by atoms with E-state index in [0.29, 0.717) is 24.4 Å². The fourth-order valence-corrected chi connectivity index (χ4v) is 3.91. The number of hydrogen-bond donors (Lipinski definition) is 2. The zero-order valence-electron chi connectivity index (χ0n) is 19.9. The van der Waals surface area contributed by atoms with Crippen molar-refractivity contribution in [2.45, 2.75) is 83.8 Å². The van der Waals surface area contributed by atoms with E-state index in [9.17, 15) is 14.4 Å². The molecule has 0 bridgehead atoms. The average Bonchev–Trinajstić information content (AvgIpc) is 2.75. The van der Waals surface area contributed by atoms with Crippen molar-refractivity contribution >= 4 is 18.0 Å². The molecule has 1 saturated carbocycles. The van der Waals surface area contributed by atoms with Crippen LogP contribution in [0.1, 0.15) is 81.6 Å². The van der Waals surface area contributed by atoms with Crippen molar-refractivity contribution in [1.29, 1.82) is 0 Å². The summed E-state index contributed by atoms with van der Waals surface area (Å²) in [5.74, 6) is 0.343. The maximum absolute atomic E-state index is 12.6. The van der Waals surface area contributed by atoms with E-state index in [1.54, 1.807) is 0 Å². The lowest BCUT2D eigenvalue weighted by Crippen LogP contribution is -2.37. The molecule has 0 aliphatic heterocycles. The van der Waals surface area contributed by atoms with Crippen molar-refractivity contribution in [3.05, 3.63) is 35.4 Å². The number of carbonyl (C=O) groups is 3. The predicted molar refractivity (Wildman–Crippen MR) is 123 cm³/mol. The predicted octanol–water partition coefficient (Wildman–Crippen LogP) is 4.39. The SMILES string of the molecule is COC(=O)CCC1CCC(NC(=O)c2ccc(CCCNC(=O)OC(C)(C)C)cc2)CC1. The number of alkyl carbamates (subject to hydrolysis) is 1. The second-order valence-electron chi connectivity index (χ2n) is 9.54. The summed E-state index contributed by atoms with van der Waals surface area (Å²) in [7, 11) is 1.42. The summed E-state index contributed by atoms with van der Waals surface area (Å²) in [6, 6.07) is 7.83. The van der Waals surface area contributed by atoms with E-state index in [4.69, 9.17) is 9.47 Å². The Hall–Kier alpha value is -2.57. The first-order valence-electron chi connectivity index (χ1n) is 11.6. The maximum Gasteiger partial charge on any atom is 0.407 e. The summed E-state index contributed by atoms with van der Waals surface area (Å²) in [5, 5.41) is 5.90. The minimum atomic E-state index is -0.496. The van der Waals surface area contributed by atoms with Gasteiger partial charge in [0, 0.05) is 24.6 Å². The normalized spacial score (nSPS) is 18.5. The molecule has 2 rings (SSSR count). The number of methoxy groups -OCH3 is 1. The summed E-state index contributed by atoms with van der Waals surface area (Å²) < 4.78 is 9.92. The number of esters is 1. The molecular formula is C25H38N2O5. The van der Waals surface area contributed by atoms with Crippen LogP contribution < -0.4 is 10.6 Å². The fourth-order valence-electron chi connectivity index (χ4n) is 3.91. The first-order chi connectivity index (χ1) is 15.2. The largest absolute Gasteiger partial charge is 0.469 e. The zero-order valence-corrected chi connectivity index (χ0v) is 19.9. The first-order valence-corrected chi connectivity index (χ1v) is 11.6. The lowest BCUT2D eigenvalue weighted by atomic mass is 9.83. The van der Waals surface area contributed by atoms with Gasteiger partial charge < -0.3 is 20.1 Å². The molecule has 1 aromatic rings. The third-order valence-electron chi connectivity index (χ3n) is 5.69. The molecule has 0 spiro atoms. The zero-order chi connectivity index (χ0) is 23.6. The summed E-state index contributed by atoms with van der Waals surface area (Å²) in [5.41, 5.74) is 1.29. The summed E-state index contributed by atoms with van der Waals surface area (Å²) in [6.07, 6.45) is 6.49. The highest BCUT2D eigenvalue weighted by Gasteiger charge is 2.23. The first kappa shape index (κ1) is 25.7. The Kier molecular flexibility index (Phi) is 10.0. The number of carbonyl (C=O) groups excluding carboxylic acids is 3. The van der Waals surface area contributed by atoms with Crippen molar-refractivity contribution in [3.63, 3.8) is 0 Å². The highest BCUT2D eigenvalue weighted by molar-refractivity contribution is 5.94. The van der Waals surface area contributed by atoms with E-state index in [1.165, 1.54) is 7.11 Å². The lowest BCUT2D eigenvalue weighted by molar-refractivity contribution is -0.141. The molecule has 1 aromatic carbocycles. The van der Waals surface area contributed by atoms with Crippen LogP contribution in [0.15, 0.2) is 24.3 Å². The molecule has 32 heavy (non-hydrogen) atoms. The van der Waals surface area contributed by atoms with Crippen molar-refractivity contribution in [3.8, 4) is 0 Å². The fraction of sp³-hybridized carbons (Fsp3) is 0.640. The molecule has 2 amide bonds. The molecule has 0 atom stereocenters. The van der Waals surface area contributed by atoms with Crippen LogP contribution in [-0.2, 0) is 20.7 Å². The van der Waals surface area contributed by atoms with Gasteiger partial charge in [-0.25, -0.2) is 4.79 Å². The van der Waals surface area contributed by atoms with Gasteiger partial charge in [-0.1, -0.05) is 12.1 Å². The molecule has 1 aliphatic rings. The van der Waals surface area contributed by atoms with E-state index >= 15 is 0 Å². The number of hydrogen-bond acceptors (Lipinski definition) is 5. The van der Waals surface area contributed by atoms with Gasteiger partial charge in [0.2, 0.25) is 0 Å². The third-order valence-corrected chi connectivity index (χ3v) is 5.69. The van der Waals surface area contributed by atoms with Gasteiger partial charge in [0.05, 0.1) is 7.11 Å². The van der Waals surface area contributed by atoms with Gasteiger partial charge >= 0.3 is 12.1 Å². The Morgan fingerprint density at radius 3 is 2.28 bits per heavy atom. The molecule has 178 valence electrons. The second-order valence-corrected chi connectivity index (χ2v) is 9.54. The Morgan fingerprint density at radius 1 is 1.03 bits per heavy atom. The van der Waals surface area contributed by atoms with Gasteiger partial charge in [0.15, 0.2) is 0 Å². The quantitative estimate of drug-likeness (QED) is 0.434. The number of ether oxygens (including phenoxy) is 2. The van der Waals surface area contributed by atoms with E-state index in [1.807, 2.05) is 45.0 Å². The number of benzene rings is 1. The Bertz CT molecular complexity index is 747. The van der Waals surface area contributed by atoms with E-state index in [0.717, 1.165) is 50.5 Å². The Labute approximate surface area is 191 Å². The molecule has 0 aromatic heterocycles. The lowest BCUT2D eigenvalue weighted by Gasteiger charge is -2.29. The van der Waals surface area contributed by atoms with Crippen LogP contribution in [0, 0.1) is 5.92 Å². The molecule has 1 fully saturated rings. The Balaban J connectivity index is 1.67. The van der Waals surface area contributed by atoms with E-state index in [2.05, 4.69) is 10.6 Å². The van der Waals surface area contributed by atoms with E-state index in [-0.39, 0.29) is 17.9 Å². The monoisotopic (exact) mass is 446 g/mol. The summed E-state index contributed by atoms with van der Waals surface area (Å²) in [6.45, 7) is 6.05. The molecule has 0 heterocycles. The smallest absolute Gasteiger partial charge is 0.407 e. The van der Waals surface area contributed by atoms with Gasteiger partial charge in [0.25, 0.3) is 5.91 Å². The molecule has 0 radical (unpaired) electrons. The van der Waals surface area contributed by atoms with Crippen LogP contribution in [0.4, 0.5) is 4.79 Å². The summed E-state index contributed by atoms with van der Waals surface area (Å²) in [4.78, 5) is 35.5. The van der Waals surface area contributed by atoms with Crippen LogP contribution in [-0.4, -0.2) is 43.3 Å². The number of amides is 2. The van der Waals surface area contributed by atoms with Crippen molar-refractivity contribution < 1.29 is 23.9 Å².